The third kappa shape index (κ3) is 2.69. The van der Waals surface area contributed by atoms with Crippen LogP contribution in [0, 0.1) is 5.82 Å². The Labute approximate surface area is 103 Å². The molecule has 17 heavy (non-hydrogen) atoms. The third-order valence-electron chi connectivity index (χ3n) is 2.35. The number of hydrogen-bond acceptors (Lipinski definition) is 3. The van der Waals surface area contributed by atoms with E-state index in [1.807, 2.05) is 0 Å². The van der Waals surface area contributed by atoms with Crippen molar-refractivity contribution in [2.45, 2.75) is 13.3 Å². The van der Waals surface area contributed by atoms with Crippen molar-refractivity contribution in [3.05, 3.63) is 35.8 Å². The summed E-state index contributed by atoms with van der Waals surface area (Å²) in [5.74, 6) is 1.06. The average molecular weight is 252 g/mol. The molecule has 0 fully saturated rings. The van der Waals surface area contributed by atoms with E-state index in [4.69, 9.17) is 4.42 Å². The number of fused-ring (bicyclic) bond motifs is 1. The number of hydrogen-bond donors (Lipinski definition) is 0. The van der Waals surface area contributed by atoms with Gasteiger partial charge in [-0.05, 0) is 24.3 Å². The van der Waals surface area contributed by atoms with Gasteiger partial charge in [0, 0.05) is 5.39 Å². The van der Waals surface area contributed by atoms with E-state index in [-0.39, 0.29) is 17.1 Å². The highest BCUT2D eigenvalue weighted by atomic mass is 32.2. The van der Waals surface area contributed by atoms with Crippen LogP contribution in [-0.2, 0) is 0 Å². The molecule has 0 N–H and O–H groups in total. The Hall–Kier alpha value is -1.29. The van der Waals surface area contributed by atoms with Gasteiger partial charge in [-0.1, -0.05) is 19.1 Å². The molecular formula is C13H13FO2S. The second kappa shape index (κ2) is 5.36. The van der Waals surface area contributed by atoms with Crippen molar-refractivity contribution >= 4 is 28.5 Å². The standard InChI is InChI=1S/C13H13FO2S/c1-2-6-17-8-11(15)12-7-9-4-3-5-10(14)13(9)16-12/h3-5,7H,2,6,8H2,1H3. The van der Waals surface area contributed by atoms with Gasteiger partial charge in [0.25, 0.3) is 0 Å². The molecule has 0 spiro atoms. The molecule has 0 aliphatic heterocycles. The predicted molar refractivity (Wildman–Crippen MR) is 68.1 cm³/mol. The summed E-state index contributed by atoms with van der Waals surface area (Å²) in [5, 5.41) is 0.633. The van der Waals surface area contributed by atoms with Crippen LogP contribution in [0.25, 0.3) is 11.0 Å². The average Bonchev–Trinajstić information content (AvgIpc) is 2.75. The van der Waals surface area contributed by atoms with Gasteiger partial charge in [-0.15, -0.1) is 0 Å². The van der Waals surface area contributed by atoms with Gasteiger partial charge >= 0.3 is 0 Å². The van der Waals surface area contributed by atoms with Crippen molar-refractivity contribution in [2.75, 3.05) is 11.5 Å². The Morgan fingerprint density at radius 2 is 2.29 bits per heavy atom. The Morgan fingerprint density at radius 1 is 1.47 bits per heavy atom. The lowest BCUT2D eigenvalue weighted by Crippen LogP contribution is -2.00. The highest BCUT2D eigenvalue weighted by Gasteiger charge is 2.14. The molecule has 0 aliphatic carbocycles. The first kappa shape index (κ1) is 12.2. The Bertz CT molecular complexity index is 533. The Morgan fingerprint density at radius 3 is 3.00 bits per heavy atom. The lowest BCUT2D eigenvalue weighted by molar-refractivity contribution is 0.0994. The molecule has 0 unspecified atom stereocenters. The normalized spacial score (nSPS) is 10.9. The van der Waals surface area contributed by atoms with E-state index >= 15 is 0 Å². The maximum absolute atomic E-state index is 13.4. The minimum absolute atomic E-state index is 0.0842. The molecule has 0 radical (unpaired) electrons. The molecule has 0 saturated carbocycles. The van der Waals surface area contributed by atoms with E-state index < -0.39 is 5.82 Å². The molecule has 2 nitrogen and oxygen atoms in total. The van der Waals surface area contributed by atoms with E-state index in [9.17, 15) is 9.18 Å². The van der Waals surface area contributed by atoms with Gasteiger partial charge in [-0.25, -0.2) is 4.39 Å². The number of benzene rings is 1. The monoisotopic (exact) mass is 252 g/mol. The van der Waals surface area contributed by atoms with Crippen molar-refractivity contribution < 1.29 is 13.6 Å². The number of thioether (sulfide) groups is 1. The fraction of sp³-hybridized carbons (Fsp3) is 0.308. The van der Waals surface area contributed by atoms with Gasteiger partial charge in [0.05, 0.1) is 5.75 Å². The molecule has 0 aliphatic rings. The van der Waals surface area contributed by atoms with Gasteiger partial charge in [0.15, 0.2) is 17.2 Å². The molecule has 0 saturated heterocycles. The van der Waals surface area contributed by atoms with Gasteiger partial charge < -0.3 is 4.42 Å². The molecule has 2 rings (SSSR count). The first-order chi connectivity index (χ1) is 8.22. The minimum Gasteiger partial charge on any atom is -0.450 e. The number of ketones is 1. The highest BCUT2D eigenvalue weighted by Crippen LogP contribution is 2.23. The Kier molecular flexibility index (Phi) is 3.84. The van der Waals surface area contributed by atoms with Crippen LogP contribution in [0.3, 0.4) is 0 Å². The quantitative estimate of drug-likeness (QED) is 0.597. The number of para-hydroxylation sites is 1. The molecule has 4 heteroatoms. The zero-order valence-electron chi connectivity index (χ0n) is 9.53. The fourth-order valence-electron chi connectivity index (χ4n) is 1.55. The van der Waals surface area contributed by atoms with Crippen LogP contribution in [0.4, 0.5) is 4.39 Å². The summed E-state index contributed by atoms with van der Waals surface area (Å²) in [6, 6.07) is 6.27. The maximum atomic E-state index is 13.4. The summed E-state index contributed by atoms with van der Waals surface area (Å²) in [5.41, 5.74) is 0.163. The highest BCUT2D eigenvalue weighted by molar-refractivity contribution is 7.99. The molecule has 0 atom stereocenters. The summed E-state index contributed by atoms with van der Waals surface area (Å²) in [6.45, 7) is 2.06. The number of furan rings is 1. The van der Waals surface area contributed by atoms with Gasteiger partial charge in [-0.3, -0.25) is 4.79 Å². The second-order valence-corrected chi connectivity index (χ2v) is 4.85. The van der Waals surface area contributed by atoms with Crippen LogP contribution < -0.4 is 0 Å². The zero-order chi connectivity index (χ0) is 12.3. The molecule has 1 heterocycles. The number of Topliss-reactive ketones (excluding diaryl/α,β-unsaturated/α-hetero) is 1. The van der Waals surface area contributed by atoms with Crippen molar-refractivity contribution in [1.29, 1.82) is 0 Å². The van der Waals surface area contributed by atoms with Crippen LogP contribution in [0.2, 0.25) is 0 Å². The summed E-state index contributed by atoms with van der Waals surface area (Å²) in [7, 11) is 0. The summed E-state index contributed by atoms with van der Waals surface area (Å²) >= 11 is 1.57. The fourth-order valence-corrected chi connectivity index (χ4v) is 2.31. The smallest absolute Gasteiger partial charge is 0.207 e. The molecule has 90 valence electrons. The van der Waals surface area contributed by atoms with E-state index in [0.29, 0.717) is 11.1 Å². The van der Waals surface area contributed by atoms with E-state index in [1.165, 1.54) is 6.07 Å². The topological polar surface area (TPSA) is 30.2 Å². The number of carbonyl (C=O) groups excluding carboxylic acids is 1. The lowest BCUT2D eigenvalue weighted by atomic mass is 10.2. The molecule has 2 aromatic rings. The molecule has 1 aromatic carbocycles. The molecule has 1 aromatic heterocycles. The van der Waals surface area contributed by atoms with Gasteiger partial charge in [-0.2, -0.15) is 11.8 Å². The summed E-state index contributed by atoms with van der Waals surface area (Å²) in [4.78, 5) is 11.8. The molecular weight excluding hydrogens is 239 g/mol. The minimum atomic E-state index is -0.428. The van der Waals surface area contributed by atoms with Crippen LogP contribution in [0.15, 0.2) is 28.7 Å². The molecule has 0 bridgehead atoms. The predicted octanol–water partition coefficient (Wildman–Crippen LogP) is 3.90. The van der Waals surface area contributed by atoms with E-state index in [0.717, 1.165) is 12.2 Å². The van der Waals surface area contributed by atoms with Crippen LogP contribution in [-0.4, -0.2) is 17.3 Å². The molecule has 0 amide bonds. The van der Waals surface area contributed by atoms with Crippen LogP contribution >= 0.6 is 11.8 Å². The van der Waals surface area contributed by atoms with Crippen molar-refractivity contribution in [2.24, 2.45) is 0 Å². The maximum Gasteiger partial charge on any atom is 0.207 e. The number of rotatable bonds is 5. The first-order valence-corrected chi connectivity index (χ1v) is 6.67. The number of carbonyl (C=O) groups is 1. The van der Waals surface area contributed by atoms with Crippen molar-refractivity contribution in [1.82, 2.24) is 0 Å². The SMILES string of the molecule is CCCSCC(=O)c1cc2cccc(F)c2o1. The summed E-state index contributed by atoms with van der Waals surface area (Å²) in [6.07, 6.45) is 1.03. The second-order valence-electron chi connectivity index (χ2n) is 3.74. The first-order valence-electron chi connectivity index (χ1n) is 5.51. The largest absolute Gasteiger partial charge is 0.450 e. The third-order valence-corrected chi connectivity index (χ3v) is 3.52. The van der Waals surface area contributed by atoms with Crippen molar-refractivity contribution in [3.8, 4) is 0 Å². The van der Waals surface area contributed by atoms with E-state index in [2.05, 4.69) is 6.92 Å². The Balaban J connectivity index is 2.19. The van der Waals surface area contributed by atoms with Gasteiger partial charge in [0.2, 0.25) is 5.78 Å². The summed E-state index contributed by atoms with van der Waals surface area (Å²) < 4.78 is 18.6. The zero-order valence-corrected chi connectivity index (χ0v) is 10.3. The van der Waals surface area contributed by atoms with Crippen LogP contribution in [0.1, 0.15) is 23.9 Å². The lowest BCUT2D eigenvalue weighted by Gasteiger charge is -1.95. The van der Waals surface area contributed by atoms with E-state index in [1.54, 1.807) is 30.0 Å². The van der Waals surface area contributed by atoms with Gasteiger partial charge in [0.1, 0.15) is 0 Å². The van der Waals surface area contributed by atoms with Crippen molar-refractivity contribution in [3.63, 3.8) is 0 Å². The number of halogens is 1. The van der Waals surface area contributed by atoms with Crippen LogP contribution in [0.5, 0.6) is 0 Å².